The largest absolute Gasteiger partial charge is 0.0543 e. The van der Waals surface area contributed by atoms with Crippen molar-refractivity contribution in [1.82, 2.24) is 0 Å². The fraction of sp³-hybridized carbons (Fsp3) is 0. The summed E-state index contributed by atoms with van der Waals surface area (Å²) in [6, 6.07) is 8.13. The minimum Gasteiger partial charge on any atom is -0.0543 e. The molecule has 0 heterocycles. The van der Waals surface area contributed by atoms with Crippen LogP contribution in [0.3, 0.4) is 0 Å². The summed E-state index contributed by atoms with van der Waals surface area (Å²) in [4.78, 5) is 1.22. The highest BCUT2D eigenvalue weighted by Crippen LogP contribution is 2.29. The van der Waals surface area contributed by atoms with Gasteiger partial charge in [0.25, 0.3) is 0 Å². The third-order valence-electron chi connectivity index (χ3n) is 0.956. The second-order valence-corrected chi connectivity index (χ2v) is 5.68. The summed E-state index contributed by atoms with van der Waals surface area (Å²) in [5.41, 5.74) is 0. The lowest BCUT2D eigenvalue weighted by atomic mass is 10.4. The lowest BCUT2D eigenvalue weighted by molar-refractivity contribution is 1.45. The Balaban J connectivity index is 2.78. The molecule has 0 aliphatic heterocycles. The fourth-order valence-electron chi connectivity index (χ4n) is 0.538. The Morgan fingerprint density at radius 2 is 1.90 bits per heavy atom. The van der Waals surface area contributed by atoms with Gasteiger partial charge in [-0.05, 0) is 36.1 Å². The van der Waals surface area contributed by atoms with Crippen molar-refractivity contribution in [1.29, 1.82) is 0 Å². The van der Waals surface area contributed by atoms with Gasteiger partial charge >= 0.3 is 0 Å². The highest BCUT2D eigenvalue weighted by Gasteiger charge is 1.89. The van der Waals surface area contributed by atoms with Gasteiger partial charge in [0.2, 0.25) is 0 Å². The highest BCUT2D eigenvalue weighted by molar-refractivity contribution is 9.10. The second kappa shape index (κ2) is 4.45. The average Bonchev–Trinajstić information content (AvgIpc) is 1.95. The maximum absolute atomic E-state index is 4.79. The fourth-order valence-corrected chi connectivity index (χ4v) is 2.54. The van der Waals surface area contributed by atoms with Gasteiger partial charge < -0.3 is 0 Å². The molecule has 0 saturated heterocycles. The molecule has 0 nitrogen and oxygen atoms in total. The Hall–Kier alpha value is 0.570. The van der Waals surface area contributed by atoms with Crippen molar-refractivity contribution >= 4 is 45.7 Å². The van der Waals surface area contributed by atoms with Crippen molar-refractivity contribution in [2.75, 3.05) is 0 Å². The zero-order valence-corrected chi connectivity index (χ0v) is 9.06. The molecule has 0 amide bonds. The van der Waals surface area contributed by atoms with Crippen LogP contribution in [0.1, 0.15) is 0 Å². The van der Waals surface area contributed by atoms with E-state index in [2.05, 4.69) is 15.9 Å². The smallest absolute Gasteiger partial charge is 0.0482 e. The molecule has 0 unspecified atom stereocenters. The first-order chi connectivity index (χ1) is 4.83. The zero-order valence-electron chi connectivity index (χ0n) is 4.95. The second-order valence-electron chi connectivity index (χ2n) is 1.62. The summed E-state index contributed by atoms with van der Waals surface area (Å²) >= 11 is 9.80. The van der Waals surface area contributed by atoms with Gasteiger partial charge in [-0.1, -0.05) is 27.3 Å². The zero-order chi connectivity index (χ0) is 7.40. The van der Waals surface area contributed by atoms with Crippen LogP contribution in [0, 0.1) is 0 Å². The molecule has 0 aromatic heterocycles. The molecule has 0 N–H and O–H groups in total. The molecule has 0 fully saturated rings. The molecule has 52 valence electrons. The normalized spacial score (nSPS) is 10.1. The van der Waals surface area contributed by atoms with Crippen LogP contribution < -0.4 is 0 Å². The van der Waals surface area contributed by atoms with E-state index in [4.69, 9.17) is 11.8 Å². The van der Waals surface area contributed by atoms with Gasteiger partial charge in [0.1, 0.15) is 0 Å². The molecule has 0 radical (unpaired) electrons. The van der Waals surface area contributed by atoms with Gasteiger partial charge in [0.15, 0.2) is 0 Å². The summed E-state index contributed by atoms with van der Waals surface area (Å²) in [5.74, 6) is 0. The summed E-state index contributed by atoms with van der Waals surface area (Å²) in [6.07, 6.45) is 0. The SMILES string of the molecule is S=PSc1ccc(Br)cc1. The summed E-state index contributed by atoms with van der Waals surface area (Å²) in [7, 11) is 0. The van der Waals surface area contributed by atoms with Crippen LogP contribution >= 0.6 is 33.9 Å². The van der Waals surface area contributed by atoms with Gasteiger partial charge in [0, 0.05) is 15.9 Å². The van der Waals surface area contributed by atoms with E-state index in [1.165, 1.54) is 4.90 Å². The van der Waals surface area contributed by atoms with Crippen molar-refractivity contribution < 1.29 is 0 Å². The van der Waals surface area contributed by atoms with E-state index in [-0.39, 0.29) is 0 Å². The van der Waals surface area contributed by atoms with Gasteiger partial charge in [-0.25, -0.2) is 0 Å². The van der Waals surface area contributed by atoms with E-state index in [1.807, 2.05) is 24.3 Å². The van der Waals surface area contributed by atoms with Crippen molar-refractivity contribution in [2.45, 2.75) is 4.90 Å². The van der Waals surface area contributed by atoms with Crippen LogP contribution in [-0.2, 0) is 11.8 Å². The molecule has 0 spiro atoms. The summed E-state index contributed by atoms with van der Waals surface area (Å²) in [5, 5.41) is 0. The van der Waals surface area contributed by atoms with E-state index < -0.39 is 0 Å². The molecule has 1 aromatic carbocycles. The molecule has 1 aromatic rings. The van der Waals surface area contributed by atoms with Crippen LogP contribution in [0.2, 0.25) is 0 Å². The molecule has 0 aliphatic carbocycles. The Kier molecular flexibility index (Phi) is 3.85. The Labute approximate surface area is 79.1 Å². The predicted molar refractivity (Wildman–Crippen MR) is 54.3 cm³/mol. The van der Waals surface area contributed by atoms with Gasteiger partial charge in [0.05, 0.1) is 0 Å². The van der Waals surface area contributed by atoms with Crippen LogP contribution in [-0.4, -0.2) is 0 Å². The topological polar surface area (TPSA) is 0 Å². The maximum Gasteiger partial charge on any atom is 0.0482 e. The Morgan fingerprint density at radius 1 is 1.30 bits per heavy atom. The average molecular weight is 251 g/mol. The van der Waals surface area contributed by atoms with Crippen LogP contribution in [0.4, 0.5) is 0 Å². The molecule has 4 heteroatoms. The Morgan fingerprint density at radius 3 is 2.40 bits per heavy atom. The van der Waals surface area contributed by atoms with Crippen molar-refractivity contribution in [2.24, 2.45) is 0 Å². The first-order valence-electron chi connectivity index (χ1n) is 2.58. The van der Waals surface area contributed by atoms with Crippen molar-refractivity contribution in [3.8, 4) is 0 Å². The molecule has 0 aliphatic rings. The van der Waals surface area contributed by atoms with Crippen molar-refractivity contribution in [3.63, 3.8) is 0 Å². The monoisotopic (exact) mass is 250 g/mol. The molecule has 0 bridgehead atoms. The summed E-state index contributed by atoms with van der Waals surface area (Å²) in [6.45, 7) is 0.931. The van der Waals surface area contributed by atoms with E-state index in [0.717, 1.165) is 11.0 Å². The molecular formula is C6H4BrPS2. The van der Waals surface area contributed by atoms with E-state index in [9.17, 15) is 0 Å². The van der Waals surface area contributed by atoms with Crippen LogP contribution in [0.5, 0.6) is 0 Å². The standard InChI is InChI=1S/C6H4BrPS2/c7-5-1-3-6(4-2-5)10-8-9/h1-4H. The highest BCUT2D eigenvalue weighted by atomic mass is 79.9. The lowest BCUT2D eigenvalue weighted by Gasteiger charge is -1.92. The third kappa shape index (κ3) is 2.67. The van der Waals surface area contributed by atoms with Gasteiger partial charge in [-0.2, -0.15) is 0 Å². The molecule has 0 saturated carbocycles. The van der Waals surface area contributed by atoms with Gasteiger partial charge in [-0.15, -0.1) is 0 Å². The molecule has 1 rings (SSSR count). The van der Waals surface area contributed by atoms with Crippen LogP contribution in [0.25, 0.3) is 0 Å². The first-order valence-corrected chi connectivity index (χ1v) is 6.70. The lowest BCUT2D eigenvalue weighted by Crippen LogP contribution is -1.64. The predicted octanol–water partition coefficient (Wildman–Crippen LogP) is 3.86. The minimum atomic E-state index is 0.931. The number of halogens is 1. The number of hydrogen-bond acceptors (Lipinski definition) is 2. The van der Waals surface area contributed by atoms with E-state index in [1.54, 1.807) is 11.4 Å². The number of rotatable bonds is 2. The third-order valence-corrected chi connectivity index (χ3v) is 3.57. The minimum absolute atomic E-state index is 0.931. The number of benzene rings is 1. The quantitative estimate of drug-likeness (QED) is 0.732. The van der Waals surface area contributed by atoms with E-state index >= 15 is 0 Å². The molecule has 0 atom stereocenters. The Bertz CT molecular complexity index is 222. The number of hydrogen-bond donors (Lipinski definition) is 0. The maximum atomic E-state index is 4.79. The summed E-state index contributed by atoms with van der Waals surface area (Å²) < 4.78 is 1.11. The molecular weight excluding hydrogens is 247 g/mol. The van der Waals surface area contributed by atoms with E-state index in [0.29, 0.717) is 0 Å². The van der Waals surface area contributed by atoms with Crippen LogP contribution in [0.15, 0.2) is 33.6 Å². The first kappa shape index (κ1) is 8.66. The van der Waals surface area contributed by atoms with Gasteiger partial charge in [-0.3, -0.25) is 0 Å². The molecule has 10 heavy (non-hydrogen) atoms. The van der Waals surface area contributed by atoms with Crippen molar-refractivity contribution in [3.05, 3.63) is 28.7 Å².